The molecule has 27 heavy (non-hydrogen) atoms. The van der Waals surface area contributed by atoms with Gasteiger partial charge in [-0.05, 0) is 54.6 Å². The number of Topliss-reactive ketones (excluding diaryl/α,β-unsaturated/α-hetero) is 1. The highest BCUT2D eigenvalue weighted by atomic mass is 32.2. The molecule has 0 radical (unpaired) electrons. The molecule has 150 valence electrons. The molecule has 0 saturated heterocycles. The maximum absolute atomic E-state index is 11.7. The van der Waals surface area contributed by atoms with Crippen molar-refractivity contribution in [2.24, 2.45) is 5.41 Å². The van der Waals surface area contributed by atoms with Crippen LogP contribution in [0.25, 0.3) is 0 Å². The summed E-state index contributed by atoms with van der Waals surface area (Å²) >= 11 is 1.62. The highest BCUT2D eigenvalue weighted by molar-refractivity contribution is 8.00. The summed E-state index contributed by atoms with van der Waals surface area (Å²) in [5.74, 6) is 1.78. The van der Waals surface area contributed by atoms with Crippen molar-refractivity contribution in [3.8, 4) is 11.5 Å². The minimum absolute atomic E-state index is 0.0577. The van der Waals surface area contributed by atoms with Gasteiger partial charge in [-0.1, -0.05) is 34.6 Å². The van der Waals surface area contributed by atoms with E-state index in [4.69, 9.17) is 9.47 Å². The lowest BCUT2D eigenvalue weighted by Gasteiger charge is -2.32. The van der Waals surface area contributed by atoms with Crippen LogP contribution in [0, 0.1) is 5.41 Å². The van der Waals surface area contributed by atoms with Crippen molar-refractivity contribution in [3.63, 3.8) is 0 Å². The molecule has 0 saturated carbocycles. The third-order valence-electron chi connectivity index (χ3n) is 6.17. The predicted molar refractivity (Wildman–Crippen MR) is 112 cm³/mol. The predicted octanol–water partition coefficient (Wildman–Crippen LogP) is 6.08. The van der Waals surface area contributed by atoms with Crippen molar-refractivity contribution in [1.82, 2.24) is 0 Å². The molecule has 1 heterocycles. The van der Waals surface area contributed by atoms with Gasteiger partial charge in [0.25, 0.3) is 0 Å². The third kappa shape index (κ3) is 3.62. The van der Waals surface area contributed by atoms with Gasteiger partial charge in [0.2, 0.25) is 5.79 Å². The van der Waals surface area contributed by atoms with Gasteiger partial charge in [-0.2, -0.15) is 0 Å². The summed E-state index contributed by atoms with van der Waals surface area (Å²) in [5, 5.41) is 0. The zero-order valence-corrected chi connectivity index (χ0v) is 19.0. The largest absolute Gasteiger partial charge is 0.449 e. The molecular weight excluding hydrogens is 356 g/mol. The van der Waals surface area contributed by atoms with Gasteiger partial charge < -0.3 is 9.47 Å². The van der Waals surface area contributed by atoms with Gasteiger partial charge in [0.15, 0.2) is 11.5 Å². The van der Waals surface area contributed by atoms with Crippen molar-refractivity contribution in [2.75, 3.05) is 5.75 Å². The maximum Gasteiger partial charge on any atom is 0.246 e. The van der Waals surface area contributed by atoms with E-state index in [0.717, 1.165) is 42.1 Å². The monoisotopic (exact) mass is 390 g/mol. The van der Waals surface area contributed by atoms with E-state index in [2.05, 4.69) is 34.6 Å². The van der Waals surface area contributed by atoms with E-state index in [1.807, 2.05) is 13.8 Å². The Kier molecular flexibility index (Phi) is 5.12. The first-order chi connectivity index (χ1) is 12.4. The van der Waals surface area contributed by atoms with Crippen molar-refractivity contribution in [2.45, 2.75) is 97.2 Å². The summed E-state index contributed by atoms with van der Waals surface area (Å²) in [4.78, 5) is 12.8. The number of thioether (sulfide) groups is 1. The van der Waals surface area contributed by atoms with E-state index in [1.165, 1.54) is 16.7 Å². The van der Waals surface area contributed by atoms with E-state index < -0.39 is 5.79 Å². The quantitative estimate of drug-likeness (QED) is 0.552. The zero-order valence-electron chi connectivity index (χ0n) is 18.2. The first kappa shape index (κ1) is 20.6. The lowest BCUT2D eigenvalue weighted by Crippen LogP contribution is -2.30. The normalized spacial score (nSPS) is 19.3. The third-order valence-corrected chi connectivity index (χ3v) is 7.44. The molecule has 0 spiro atoms. The topological polar surface area (TPSA) is 35.5 Å². The van der Waals surface area contributed by atoms with E-state index in [1.54, 1.807) is 18.7 Å². The van der Waals surface area contributed by atoms with Crippen molar-refractivity contribution in [3.05, 3.63) is 16.7 Å². The Morgan fingerprint density at radius 3 is 2.15 bits per heavy atom. The molecule has 0 unspecified atom stereocenters. The second-order valence-corrected chi connectivity index (χ2v) is 10.7. The number of carbonyl (C=O) groups excluding carboxylic acids is 1. The first-order valence-corrected chi connectivity index (χ1v) is 11.1. The Balaban J connectivity index is 2.29. The Morgan fingerprint density at radius 2 is 1.59 bits per heavy atom. The SMILES string of the molecule is CCC(C)(CC)c1c2c(c(SCC(C)=O)c3c1OC(C)(C)O3)CC(C)(C)C2. The molecule has 3 nitrogen and oxygen atoms in total. The molecule has 1 aromatic carbocycles. The first-order valence-electron chi connectivity index (χ1n) is 10.2. The van der Waals surface area contributed by atoms with Crippen LogP contribution in [-0.2, 0) is 23.1 Å². The summed E-state index contributed by atoms with van der Waals surface area (Å²) in [5.41, 5.74) is 4.45. The fourth-order valence-electron chi connectivity index (χ4n) is 4.45. The van der Waals surface area contributed by atoms with Crippen LogP contribution in [0.2, 0.25) is 0 Å². The van der Waals surface area contributed by atoms with E-state index in [-0.39, 0.29) is 16.6 Å². The number of ketones is 1. The average molecular weight is 391 g/mol. The van der Waals surface area contributed by atoms with Gasteiger partial charge in [0.05, 0.1) is 10.6 Å². The fraction of sp³-hybridized carbons (Fsp3) is 0.696. The molecular formula is C23H34O3S. The second-order valence-electron chi connectivity index (χ2n) is 9.70. The van der Waals surface area contributed by atoms with Crippen LogP contribution in [-0.4, -0.2) is 17.3 Å². The standard InChI is InChI=1S/C23H34O3S/c1-9-23(8,10-2)17-15-11-21(4,5)12-16(15)20(27-13-14(3)24)19-18(17)25-22(6,7)26-19/h9-13H2,1-8H3. The number of hydrogen-bond donors (Lipinski definition) is 0. The Labute approximate surface area is 168 Å². The molecule has 0 amide bonds. The molecule has 0 bridgehead atoms. The number of benzene rings is 1. The lowest BCUT2D eigenvalue weighted by atomic mass is 9.74. The number of ether oxygens (including phenoxy) is 2. The van der Waals surface area contributed by atoms with Gasteiger partial charge in [-0.25, -0.2) is 0 Å². The van der Waals surface area contributed by atoms with Gasteiger partial charge >= 0.3 is 0 Å². The van der Waals surface area contributed by atoms with Crippen molar-refractivity contribution >= 4 is 17.5 Å². The Morgan fingerprint density at radius 1 is 1.04 bits per heavy atom. The van der Waals surface area contributed by atoms with Gasteiger partial charge in [0, 0.05) is 19.4 Å². The molecule has 4 heteroatoms. The molecule has 0 fully saturated rings. The fourth-order valence-corrected chi connectivity index (χ4v) is 5.43. The van der Waals surface area contributed by atoms with E-state index >= 15 is 0 Å². The Bertz CT molecular complexity index is 727. The number of hydrogen-bond acceptors (Lipinski definition) is 4. The number of carbonyl (C=O) groups is 1. The maximum atomic E-state index is 11.7. The van der Waals surface area contributed by atoms with Crippen LogP contribution in [0.1, 0.15) is 84.9 Å². The van der Waals surface area contributed by atoms with E-state index in [9.17, 15) is 4.79 Å². The van der Waals surface area contributed by atoms with Crippen LogP contribution in [0.5, 0.6) is 11.5 Å². The molecule has 2 aliphatic rings. The van der Waals surface area contributed by atoms with Crippen LogP contribution in [0.15, 0.2) is 4.90 Å². The molecule has 0 atom stereocenters. The summed E-state index contributed by atoms with van der Waals surface area (Å²) in [7, 11) is 0. The molecule has 3 rings (SSSR count). The van der Waals surface area contributed by atoms with Crippen LogP contribution < -0.4 is 9.47 Å². The van der Waals surface area contributed by atoms with Crippen LogP contribution in [0.4, 0.5) is 0 Å². The molecule has 1 aliphatic carbocycles. The van der Waals surface area contributed by atoms with Crippen molar-refractivity contribution in [1.29, 1.82) is 0 Å². The van der Waals surface area contributed by atoms with E-state index in [0.29, 0.717) is 5.75 Å². The molecule has 0 N–H and O–H groups in total. The van der Waals surface area contributed by atoms with Gasteiger partial charge in [-0.3, -0.25) is 4.79 Å². The van der Waals surface area contributed by atoms with Crippen LogP contribution in [0.3, 0.4) is 0 Å². The average Bonchev–Trinajstić information content (AvgIpc) is 3.04. The summed E-state index contributed by atoms with van der Waals surface area (Å²) in [6, 6.07) is 0. The van der Waals surface area contributed by atoms with Crippen molar-refractivity contribution < 1.29 is 14.3 Å². The van der Waals surface area contributed by atoms with Gasteiger partial charge in [-0.15, -0.1) is 11.8 Å². The molecule has 1 aliphatic heterocycles. The highest BCUT2D eigenvalue weighted by Crippen LogP contribution is 2.58. The van der Waals surface area contributed by atoms with Gasteiger partial charge in [0.1, 0.15) is 5.78 Å². The second kappa shape index (κ2) is 6.72. The summed E-state index contributed by atoms with van der Waals surface area (Å²) < 4.78 is 12.7. The minimum atomic E-state index is -0.671. The summed E-state index contributed by atoms with van der Waals surface area (Å²) in [6.45, 7) is 17.2. The Hall–Kier alpha value is -1.16. The minimum Gasteiger partial charge on any atom is -0.449 e. The zero-order chi connectivity index (χ0) is 20.2. The molecule has 0 aromatic heterocycles. The highest BCUT2D eigenvalue weighted by Gasteiger charge is 2.46. The lowest BCUT2D eigenvalue weighted by molar-refractivity contribution is -0.114. The number of fused-ring (bicyclic) bond motifs is 2. The van der Waals surface area contributed by atoms with Crippen LogP contribution >= 0.6 is 11.8 Å². The smallest absolute Gasteiger partial charge is 0.246 e. The number of rotatable bonds is 6. The summed E-state index contributed by atoms with van der Waals surface area (Å²) in [6.07, 6.45) is 4.20. The molecule has 1 aromatic rings.